The van der Waals surface area contributed by atoms with E-state index in [9.17, 15) is 4.79 Å². The molecule has 202 valence electrons. The van der Waals surface area contributed by atoms with Gasteiger partial charge in [-0.2, -0.15) is 4.98 Å². The molecule has 0 saturated heterocycles. The third-order valence-electron chi connectivity index (χ3n) is 6.83. The van der Waals surface area contributed by atoms with Gasteiger partial charge in [-0.15, -0.1) is 0 Å². The van der Waals surface area contributed by atoms with Gasteiger partial charge in [-0.3, -0.25) is 9.20 Å². The topological polar surface area (TPSA) is 103 Å². The number of anilines is 3. The quantitative estimate of drug-likeness (QED) is 0.192. The van der Waals surface area contributed by atoms with Crippen LogP contribution < -0.4 is 20.1 Å². The summed E-state index contributed by atoms with van der Waals surface area (Å²) in [5.41, 5.74) is 4.88. The summed E-state index contributed by atoms with van der Waals surface area (Å²) in [5.74, 6) is 1.42. The van der Waals surface area contributed by atoms with Crippen LogP contribution in [0.5, 0.6) is 11.5 Å². The van der Waals surface area contributed by atoms with E-state index < -0.39 is 0 Å². The zero-order valence-corrected chi connectivity index (χ0v) is 23.2. The number of amides is 1. The van der Waals surface area contributed by atoms with E-state index in [0.29, 0.717) is 67.2 Å². The average molecular weight is 575 g/mol. The van der Waals surface area contributed by atoms with Gasteiger partial charge in [0.2, 0.25) is 11.9 Å². The molecule has 1 aliphatic rings. The number of nitrogens with one attached hydrogen (secondary N) is 2. The van der Waals surface area contributed by atoms with Crippen molar-refractivity contribution in [2.45, 2.75) is 18.8 Å². The molecule has 0 radical (unpaired) electrons. The van der Waals surface area contributed by atoms with Crippen molar-refractivity contribution in [2.24, 2.45) is 0 Å². The lowest BCUT2D eigenvalue weighted by Gasteiger charge is -2.16. The lowest BCUT2D eigenvalue weighted by atomic mass is 10.0. The highest BCUT2D eigenvalue weighted by atomic mass is 35.5. The molecule has 0 unspecified atom stereocenters. The van der Waals surface area contributed by atoms with Crippen LogP contribution in [0.25, 0.3) is 27.8 Å². The van der Waals surface area contributed by atoms with Crippen molar-refractivity contribution < 1.29 is 14.3 Å². The van der Waals surface area contributed by atoms with Crippen molar-refractivity contribution in [3.8, 4) is 22.6 Å². The van der Waals surface area contributed by atoms with Crippen molar-refractivity contribution >= 4 is 63.1 Å². The molecule has 1 amide bonds. The Morgan fingerprint density at radius 1 is 1.05 bits per heavy atom. The number of rotatable bonds is 8. The Morgan fingerprint density at radius 3 is 2.48 bits per heavy atom. The minimum absolute atomic E-state index is 0.297. The molecule has 0 aliphatic heterocycles. The number of carbonyl (C=O) groups excluding carboxylic acids is 1. The predicted octanol–water partition coefficient (Wildman–Crippen LogP) is 7.01. The summed E-state index contributed by atoms with van der Waals surface area (Å²) in [6.07, 6.45) is 8.72. The highest BCUT2D eigenvalue weighted by Gasteiger charge is 2.25. The van der Waals surface area contributed by atoms with Gasteiger partial charge in [0.25, 0.3) is 0 Å². The van der Waals surface area contributed by atoms with Crippen molar-refractivity contribution in [3.63, 3.8) is 0 Å². The lowest BCUT2D eigenvalue weighted by Crippen LogP contribution is -2.10. The van der Waals surface area contributed by atoms with E-state index in [1.54, 1.807) is 24.7 Å². The SMILES string of the molecule is C=CC(=O)Nc1cc(C2CC2)ccc1Nc1ncc2cc(-c3c(Cl)c(OC)cc(OC)c3Cl)c3nccn3c2n1. The minimum atomic E-state index is -0.297. The van der Waals surface area contributed by atoms with E-state index in [0.717, 1.165) is 18.2 Å². The van der Waals surface area contributed by atoms with Crippen LogP contribution in [-0.2, 0) is 4.79 Å². The van der Waals surface area contributed by atoms with Gasteiger partial charge in [-0.25, -0.2) is 9.97 Å². The van der Waals surface area contributed by atoms with E-state index in [4.69, 9.17) is 37.7 Å². The molecule has 0 bridgehead atoms. The molecule has 2 N–H and O–H groups in total. The summed E-state index contributed by atoms with van der Waals surface area (Å²) in [5, 5.41) is 7.53. The predicted molar refractivity (Wildman–Crippen MR) is 157 cm³/mol. The van der Waals surface area contributed by atoms with E-state index in [-0.39, 0.29) is 5.91 Å². The number of halogens is 2. The average Bonchev–Trinajstić information content (AvgIpc) is 3.69. The molecule has 0 atom stereocenters. The number of aromatic nitrogens is 4. The fourth-order valence-electron chi connectivity index (χ4n) is 4.69. The molecule has 2 aromatic carbocycles. The number of pyridine rings is 1. The molecule has 11 heteroatoms. The molecule has 1 saturated carbocycles. The van der Waals surface area contributed by atoms with Crippen LogP contribution in [0.1, 0.15) is 24.3 Å². The molecule has 3 heterocycles. The Hall–Kier alpha value is -4.34. The number of methoxy groups -OCH3 is 2. The van der Waals surface area contributed by atoms with Crippen LogP contribution in [-0.4, -0.2) is 39.5 Å². The number of fused-ring (bicyclic) bond motifs is 3. The van der Waals surface area contributed by atoms with Crippen molar-refractivity contribution in [1.29, 1.82) is 0 Å². The summed E-state index contributed by atoms with van der Waals surface area (Å²) >= 11 is 13.5. The van der Waals surface area contributed by atoms with Crippen LogP contribution in [0.2, 0.25) is 10.0 Å². The number of carbonyl (C=O) groups is 1. The largest absolute Gasteiger partial charge is 0.495 e. The second kappa shape index (κ2) is 10.3. The standard InChI is InChI=1S/C29H24Cl2N6O3/c1-4-23(38)34-20-12-16(15-5-6-15)7-8-19(20)35-29-33-14-17-11-18(28-32-9-10-37(28)27(17)36-29)24-25(30)21(39-2)13-22(40-3)26(24)31/h4,7-15H,1,5-6H2,2-3H3,(H,34,38)(H,33,35,36). The number of benzene rings is 2. The van der Waals surface area contributed by atoms with Gasteiger partial charge in [0.1, 0.15) is 17.1 Å². The second-order valence-corrected chi connectivity index (χ2v) is 10.1. The van der Waals surface area contributed by atoms with Gasteiger partial charge in [0.15, 0.2) is 5.65 Å². The molecule has 5 aromatic rings. The third-order valence-corrected chi connectivity index (χ3v) is 7.58. The molecule has 3 aromatic heterocycles. The first kappa shape index (κ1) is 25.9. The number of hydrogen-bond acceptors (Lipinski definition) is 7. The van der Waals surface area contributed by atoms with E-state index in [1.165, 1.54) is 25.9 Å². The smallest absolute Gasteiger partial charge is 0.247 e. The minimum Gasteiger partial charge on any atom is -0.495 e. The highest BCUT2D eigenvalue weighted by molar-refractivity contribution is 6.41. The Morgan fingerprint density at radius 2 is 1.80 bits per heavy atom. The van der Waals surface area contributed by atoms with Crippen molar-refractivity contribution in [2.75, 3.05) is 24.9 Å². The first-order chi connectivity index (χ1) is 19.4. The maximum absolute atomic E-state index is 12.1. The van der Waals surface area contributed by atoms with Crippen LogP contribution in [0.4, 0.5) is 17.3 Å². The highest BCUT2D eigenvalue weighted by Crippen LogP contribution is 2.47. The maximum Gasteiger partial charge on any atom is 0.247 e. The molecular weight excluding hydrogens is 551 g/mol. The second-order valence-electron chi connectivity index (χ2n) is 9.33. The number of hydrogen-bond donors (Lipinski definition) is 2. The Bertz CT molecular complexity index is 1790. The summed E-state index contributed by atoms with van der Waals surface area (Å²) in [4.78, 5) is 26.0. The van der Waals surface area contributed by atoms with Crippen LogP contribution in [0.15, 0.2) is 61.6 Å². The normalized spacial score (nSPS) is 12.9. The Balaban J connectivity index is 1.45. The van der Waals surface area contributed by atoms with Gasteiger partial charge < -0.3 is 20.1 Å². The molecule has 6 rings (SSSR count). The molecule has 1 aliphatic carbocycles. The zero-order chi connectivity index (χ0) is 28.0. The fraction of sp³-hybridized carbons (Fsp3) is 0.172. The maximum atomic E-state index is 12.1. The first-order valence-corrected chi connectivity index (χ1v) is 13.2. The molecular formula is C29H24Cl2N6O3. The van der Waals surface area contributed by atoms with Crippen LogP contribution in [0, 0.1) is 0 Å². The van der Waals surface area contributed by atoms with E-state index in [1.807, 2.05) is 22.6 Å². The van der Waals surface area contributed by atoms with E-state index in [2.05, 4.69) is 33.2 Å². The molecule has 9 nitrogen and oxygen atoms in total. The van der Waals surface area contributed by atoms with Crippen LogP contribution in [0.3, 0.4) is 0 Å². The van der Waals surface area contributed by atoms with Gasteiger partial charge in [0.05, 0.1) is 35.6 Å². The molecule has 1 fully saturated rings. The first-order valence-electron chi connectivity index (χ1n) is 12.5. The Labute approximate surface area is 239 Å². The van der Waals surface area contributed by atoms with Gasteiger partial charge in [-0.05, 0) is 48.6 Å². The number of imidazole rings is 1. The van der Waals surface area contributed by atoms with Crippen LogP contribution >= 0.6 is 23.2 Å². The number of ether oxygens (including phenoxy) is 2. The van der Waals surface area contributed by atoms with Crippen molar-refractivity contribution in [1.82, 2.24) is 19.4 Å². The fourth-order valence-corrected chi connectivity index (χ4v) is 5.39. The van der Waals surface area contributed by atoms with Gasteiger partial charge in [-0.1, -0.05) is 35.8 Å². The summed E-state index contributed by atoms with van der Waals surface area (Å²) in [6, 6.07) is 9.49. The Kier molecular flexibility index (Phi) is 6.69. The third kappa shape index (κ3) is 4.57. The number of nitrogens with zero attached hydrogens (tertiary/aromatic N) is 4. The molecule has 0 spiro atoms. The van der Waals surface area contributed by atoms with Gasteiger partial charge in [0, 0.05) is 41.2 Å². The molecule has 40 heavy (non-hydrogen) atoms. The van der Waals surface area contributed by atoms with E-state index >= 15 is 0 Å². The summed E-state index contributed by atoms with van der Waals surface area (Å²) in [6.45, 7) is 3.56. The summed E-state index contributed by atoms with van der Waals surface area (Å²) in [7, 11) is 3.06. The summed E-state index contributed by atoms with van der Waals surface area (Å²) < 4.78 is 12.8. The van der Waals surface area contributed by atoms with Gasteiger partial charge >= 0.3 is 0 Å². The lowest BCUT2D eigenvalue weighted by molar-refractivity contribution is -0.111. The monoisotopic (exact) mass is 574 g/mol. The zero-order valence-electron chi connectivity index (χ0n) is 21.7. The van der Waals surface area contributed by atoms with Crippen molar-refractivity contribution in [3.05, 3.63) is 77.2 Å².